The average Bonchev–Trinajstić information content (AvgIpc) is 3.02. The molecule has 22 heavy (non-hydrogen) atoms. The van der Waals surface area contributed by atoms with Crippen molar-refractivity contribution in [3.8, 4) is 11.5 Å². The van der Waals surface area contributed by atoms with Crippen LogP contribution in [-0.4, -0.2) is 16.7 Å². The van der Waals surface area contributed by atoms with Gasteiger partial charge in [-0.1, -0.05) is 23.3 Å². The number of nitrogens with one attached hydrogen (secondary N) is 1. The zero-order chi connectivity index (χ0) is 15.2. The Morgan fingerprint density at radius 1 is 1.14 bits per heavy atom. The van der Waals surface area contributed by atoms with Crippen LogP contribution in [0.2, 0.25) is 5.02 Å². The fourth-order valence-electron chi connectivity index (χ4n) is 2.61. The van der Waals surface area contributed by atoms with E-state index in [0.29, 0.717) is 23.3 Å². The largest absolute Gasteiger partial charge is 0.419 e. The van der Waals surface area contributed by atoms with Gasteiger partial charge in [-0.2, -0.15) is 0 Å². The van der Waals surface area contributed by atoms with Crippen molar-refractivity contribution >= 4 is 11.6 Å². The molecule has 0 atom stereocenters. The lowest BCUT2D eigenvalue weighted by Gasteiger charge is -2.12. The molecule has 2 aromatic rings. The molecule has 0 spiro atoms. The molecule has 0 radical (unpaired) electrons. The first kappa shape index (κ1) is 15.3. The maximum atomic E-state index is 5.87. The Bertz CT molecular complexity index is 634. The first-order chi connectivity index (χ1) is 10.8. The molecule has 1 heterocycles. The number of benzene rings is 1. The van der Waals surface area contributed by atoms with Gasteiger partial charge in [0.25, 0.3) is 0 Å². The Morgan fingerprint density at radius 2 is 2.00 bits per heavy atom. The van der Waals surface area contributed by atoms with Crippen LogP contribution < -0.4 is 5.32 Å². The van der Waals surface area contributed by atoms with Gasteiger partial charge in [0.2, 0.25) is 11.8 Å². The SMILES string of the molecule is Clc1ccc(-c2nnc(CNCCC3=CCCCC3)o2)cc1. The molecule has 0 amide bonds. The highest BCUT2D eigenvalue weighted by molar-refractivity contribution is 6.30. The summed E-state index contributed by atoms with van der Waals surface area (Å²) in [7, 11) is 0. The molecule has 3 rings (SSSR count). The van der Waals surface area contributed by atoms with Crippen molar-refractivity contribution < 1.29 is 4.42 Å². The average molecular weight is 318 g/mol. The summed E-state index contributed by atoms with van der Waals surface area (Å²) in [6, 6.07) is 7.39. The van der Waals surface area contributed by atoms with E-state index < -0.39 is 0 Å². The van der Waals surface area contributed by atoms with Crippen LogP contribution in [0.1, 0.15) is 38.0 Å². The lowest BCUT2D eigenvalue weighted by molar-refractivity contribution is 0.477. The Hall–Kier alpha value is -1.65. The van der Waals surface area contributed by atoms with E-state index in [1.807, 2.05) is 24.3 Å². The smallest absolute Gasteiger partial charge is 0.247 e. The second kappa shape index (κ2) is 7.56. The highest BCUT2D eigenvalue weighted by Crippen LogP contribution is 2.21. The van der Waals surface area contributed by atoms with Gasteiger partial charge in [0.15, 0.2) is 0 Å². The van der Waals surface area contributed by atoms with Gasteiger partial charge in [-0.3, -0.25) is 0 Å². The first-order valence-corrected chi connectivity index (χ1v) is 8.16. The summed E-state index contributed by atoms with van der Waals surface area (Å²) in [6.45, 7) is 1.55. The van der Waals surface area contributed by atoms with E-state index in [4.69, 9.17) is 16.0 Å². The third-order valence-corrected chi connectivity index (χ3v) is 4.09. The summed E-state index contributed by atoms with van der Waals surface area (Å²) in [5.74, 6) is 1.14. The third kappa shape index (κ3) is 4.18. The van der Waals surface area contributed by atoms with Crippen LogP contribution in [0.5, 0.6) is 0 Å². The highest BCUT2D eigenvalue weighted by Gasteiger charge is 2.08. The summed E-state index contributed by atoms with van der Waals surface area (Å²) >= 11 is 5.87. The molecule has 0 saturated carbocycles. The summed E-state index contributed by atoms with van der Waals surface area (Å²) in [5, 5.41) is 12.2. The molecule has 4 nitrogen and oxygen atoms in total. The van der Waals surface area contributed by atoms with Crippen molar-refractivity contribution in [2.24, 2.45) is 0 Å². The van der Waals surface area contributed by atoms with Gasteiger partial charge in [-0.05, 0) is 62.9 Å². The van der Waals surface area contributed by atoms with E-state index >= 15 is 0 Å². The predicted molar refractivity (Wildman–Crippen MR) is 87.6 cm³/mol. The molecule has 1 aromatic heterocycles. The van der Waals surface area contributed by atoms with E-state index in [1.54, 1.807) is 5.57 Å². The van der Waals surface area contributed by atoms with Crippen LogP contribution in [0.15, 0.2) is 40.3 Å². The molecule has 1 N–H and O–H groups in total. The Balaban J connectivity index is 1.47. The van der Waals surface area contributed by atoms with Gasteiger partial charge in [-0.25, -0.2) is 0 Å². The van der Waals surface area contributed by atoms with Crippen LogP contribution in [0.4, 0.5) is 0 Å². The minimum Gasteiger partial charge on any atom is -0.419 e. The standard InChI is InChI=1S/C17H20ClN3O/c18-15-8-6-14(7-9-15)17-21-20-16(22-17)12-19-11-10-13-4-2-1-3-5-13/h4,6-9,19H,1-3,5,10-12H2. The van der Waals surface area contributed by atoms with Crippen LogP contribution in [-0.2, 0) is 6.54 Å². The molecule has 116 valence electrons. The van der Waals surface area contributed by atoms with Gasteiger partial charge < -0.3 is 9.73 Å². The third-order valence-electron chi connectivity index (χ3n) is 3.84. The van der Waals surface area contributed by atoms with Gasteiger partial charge in [0, 0.05) is 10.6 Å². The predicted octanol–water partition coefficient (Wildman–Crippen LogP) is 4.37. The van der Waals surface area contributed by atoms with Crippen LogP contribution >= 0.6 is 11.6 Å². The second-order valence-electron chi connectivity index (χ2n) is 5.54. The quantitative estimate of drug-likeness (QED) is 0.635. The molecule has 1 aliphatic rings. The number of rotatable bonds is 6. The molecular weight excluding hydrogens is 298 g/mol. The summed E-state index contributed by atoms with van der Waals surface area (Å²) in [4.78, 5) is 0. The van der Waals surface area contributed by atoms with Gasteiger partial charge in [0.1, 0.15) is 0 Å². The maximum Gasteiger partial charge on any atom is 0.247 e. The first-order valence-electron chi connectivity index (χ1n) is 7.78. The van der Waals surface area contributed by atoms with E-state index in [1.165, 1.54) is 25.7 Å². The fraction of sp³-hybridized carbons (Fsp3) is 0.412. The highest BCUT2D eigenvalue weighted by atomic mass is 35.5. The molecule has 1 aromatic carbocycles. The zero-order valence-electron chi connectivity index (χ0n) is 12.5. The van der Waals surface area contributed by atoms with Crippen molar-refractivity contribution in [1.82, 2.24) is 15.5 Å². The van der Waals surface area contributed by atoms with Crippen LogP contribution in [0.25, 0.3) is 11.5 Å². The van der Waals surface area contributed by atoms with Gasteiger partial charge >= 0.3 is 0 Å². The zero-order valence-corrected chi connectivity index (χ0v) is 13.3. The van der Waals surface area contributed by atoms with Crippen LogP contribution in [0.3, 0.4) is 0 Å². The molecular formula is C17H20ClN3O. The Kier molecular flexibility index (Phi) is 5.24. The van der Waals surface area contributed by atoms with Crippen molar-refractivity contribution in [1.29, 1.82) is 0 Å². The Morgan fingerprint density at radius 3 is 2.77 bits per heavy atom. The maximum absolute atomic E-state index is 5.87. The lowest BCUT2D eigenvalue weighted by Crippen LogP contribution is -2.15. The summed E-state index contributed by atoms with van der Waals surface area (Å²) in [6.07, 6.45) is 8.66. The summed E-state index contributed by atoms with van der Waals surface area (Å²) in [5.41, 5.74) is 2.46. The minimum absolute atomic E-state index is 0.531. The monoisotopic (exact) mass is 317 g/mol. The lowest BCUT2D eigenvalue weighted by atomic mass is 9.97. The van der Waals surface area contributed by atoms with Crippen molar-refractivity contribution in [2.75, 3.05) is 6.54 Å². The van der Waals surface area contributed by atoms with Crippen molar-refractivity contribution in [2.45, 2.75) is 38.6 Å². The number of aromatic nitrogens is 2. The minimum atomic E-state index is 0.531. The molecule has 0 aliphatic heterocycles. The number of nitrogens with zero attached hydrogens (tertiary/aromatic N) is 2. The van der Waals surface area contributed by atoms with E-state index in [2.05, 4.69) is 21.6 Å². The topological polar surface area (TPSA) is 51.0 Å². The van der Waals surface area contributed by atoms with E-state index in [-0.39, 0.29) is 0 Å². The molecule has 1 aliphatic carbocycles. The number of hydrogen-bond donors (Lipinski definition) is 1. The second-order valence-corrected chi connectivity index (χ2v) is 5.98. The summed E-state index contributed by atoms with van der Waals surface area (Å²) < 4.78 is 5.66. The number of hydrogen-bond acceptors (Lipinski definition) is 4. The Labute approximate surface area is 135 Å². The molecule has 0 bridgehead atoms. The van der Waals surface area contributed by atoms with Gasteiger partial charge in [0.05, 0.1) is 6.54 Å². The normalized spacial score (nSPS) is 14.9. The van der Waals surface area contributed by atoms with E-state index in [9.17, 15) is 0 Å². The number of allylic oxidation sites excluding steroid dienone is 1. The van der Waals surface area contributed by atoms with Gasteiger partial charge in [-0.15, -0.1) is 10.2 Å². The molecule has 0 unspecified atom stereocenters. The van der Waals surface area contributed by atoms with Crippen molar-refractivity contribution in [3.05, 3.63) is 46.8 Å². The van der Waals surface area contributed by atoms with E-state index in [0.717, 1.165) is 18.5 Å². The molecule has 5 heteroatoms. The van der Waals surface area contributed by atoms with Crippen molar-refractivity contribution in [3.63, 3.8) is 0 Å². The molecule has 0 saturated heterocycles. The number of halogens is 1. The van der Waals surface area contributed by atoms with Crippen LogP contribution in [0, 0.1) is 0 Å². The molecule has 0 fully saturated rings. The fourth-order valence-corrected chi connectivity index (χ4v) is 2.74.